The minimum Gasteiger partial charge on any atom is -0.387 e. The van der Waals surface area contributed by atoms with Crippen molar-refractivity contribution < 1.29 is 55.5 Å². The first-order valence-corrected chi connectivity index (χ1v) is 11.9. The highest BCUT2D eigenvalue weighted by atomic mass is 32.2. The predicted octanol–water partition coefficient (Wildman–Crippen LogP) is -1.84. The van der Waals surface area contributed by atoms with Crippen LogP contribution in [0.1, 0.15) is 25.7 Å². The normalized spacial score (nSPS) is 29.1. The molecular formula is C14H28O12S2. The highest BCUT2D eigenvalue weighted by Gasteiger charge is 2.44. The zero-order valence-corrected chi connectivity index (χ0v) is 16.8. The zero-order chi connectivity index (χ0) is 21.4. The van der Waals surface area contributed by atoms with Crippen LogP contribution in [-0.4, -0.2) is 103 Å². The molecule has 0 aliphatic carbocycles. The van der Waals surface area contributed by atoms with Crippen molar-refractivity contribution in [2.45, 2.75) is 56.4 Å². The van der Waals surface area contributed by atoms with Crippen LogP contribution in [0.25, 0.3) is 0 Å². The molecule has 1 heterocycles. The van der Waals surface area contributed by atoms with Gasteiger partial charge in [0, 0.05) is 13.2 Å². The standard InChI is InChI=1S/C14H28O12S2/c15-11-10(9-24-5-1-3-7-27(18,19)20)26-14(17)13(12(11)16)25-6-2-4-8-28(21,22)23/h10-17H,1-9H2,(H,18,19,20)(H,21,22,23)/t10-,11-,12+,13-,14+/m1/s1. The van der Waals surface area contributed by atoms with Crippen molar-refractivity contribution in [2.24, 2.45) is 0 Å². The fourth-order valence-corrected chi connectivity index (χ4v) is 3.67. The van der Waals surface area contributed by atoms with Gasteiger partial charge in [-0.05, 0) is 25.7 Å². The maximum Gasteiger partial charge on any atom is 0.264 e. The second-order valence-corrected chi connectivity index (χ2v) is 9.59. The molecule has 0 aromatic rings. The monoisotopic (exact) mass is 452 g/mol. The molecule has 0 radical (unpaired) electrons. The maximum atomic E-state index is 10.6. The van der Waals surface area contributed by atoms with Crippen LogP contribution in [0.15, 0.2) is 0 Å². The lowest BCUT2D eigenvalue weighted by Crippen LogP contribution is -2.59. The third kappa shape index (κ3) is 10.4. The Bertz CT molecular complexity index is 647. The van der Waals surface area contributed by atoms with Gasteiger partial charge >= 0.3 is 0 Å². The predicted molar refractivity (Wildman–Crippen MR) is 94.8 cm³/mol. The largest absolute Gasteiger partial charge is 0.387 e. The van der Waals surface area contributed by atoms with E-state index < -0.39 is 56.7 Å². The maximum absolute atomic E-state index is 10.6. The first-order chi connectivity index (χ1) is 12.9. The first-order valence-electron chi connectivity index (χ1n) is 8.70. The van der Waals surface area contributed by atoms with Gasteiger partial charge in [-0.15, -0.1) is 0 Å². The van der Waals surface area contributed by atoms with Crippen LogP contribution in [0, 0.1) is 0 Å². The average molecular weight is 453 g/mol. The Kier molecular flexibility index (Phi) is 10.7. The number of ether oxygens (including phenoxy) is 3. The summed E-state index contributed by atoms with van der Waals surface area (Å²) in [6.07, 6.45) is -5.83. The summed E-state index contributed by atoms with van der Waals surface area (Å²) < 4.78 is 75.2. The van der Waals surface area contributed by atoms with Crippen molar-refractivity contribution in [3.63, 3.8) is 0 Å². The molecular weight excluding hydrogens is 424 g/mol. The lowest BCUT2D eigenvalue weighted by atomic mass is 9.99. The fraction of sp³-hybridized carbons (Fsp3) is 1.00. The topological polar surface area (TPSA) is 197 Å². The van der Waals surface area contributed by atoms with Crippen LogP contribution in [-0.2, 0) is 34.4 Å². The Morgan fingerprint density at radius 2 is 1.32 bits per heavy atom. The number of rotatable bonds is 13. The van der Waals surface area contributed by atoms with E-state index >= 15 is 0 Å². The molecule has 168 valence electrons. The van der Waals surface area contributed by atoms with Gasteiger partial charge in [-0.3, -0.25) is 9.11 Å². The van der Waals surface area contributed by atoms with Gasteiger partial charge in [-0.1, -0.05) is 0 Å². The third-order valence-electron chi connectivity index (χ3n) is 3.99. The van der Waals surface area contributed by atoms with Crippen LogP contribution in [0.4, 0.5) is 0 Å². The molecule has 12 nitrogen and oxygen atoms in total. The molecule has 0 bridgehead atoms. The van der Waals surface area contributed by atoms with Crippen molar-refractivity contribution >= 4 is 20.2 Å². The van der Waals surface area contributed by atoms with Crippen molar-refractivity contribution in [2.75, 3.05) is 31.3 Å². The summed E-state index contributed by atoms with van der Waals surface area (Å²) in [6, 6.07) is 0. The molecule has 1 aliphatic heterocycles. The number of hydrogen-bond donors (Lipinski definition) is 5. The van der Waals surface area contributed by atoms with Crippen LogP contribution in [0.2, 0.25) is 0 Å². The van der Waals surface area contributed by atoms with Gasteiger partial charge in [0.25, 0.3) is 20.2 Å². The molecule has 14 heteroatoms. The van der Waals surface area contributed by atoms with E-state index in [1.807, 2.05) is 0 Å². The summed E-state index contributed by atoms with van der Waals surface area (Å²) in [5.74, 6) is -0.825. The van der Waals surface area contributed by atoms with Crippen molar-refractivity contribution in [1.82, 2.24) is 0 Å². The Balaban J connectivity index is 2.30. The quantitative estimate of drug-likeness (QED) is 0.155. The van der Waals surface area contributed by atoms with E-state index in [0.717, 1.165) is 0 Å². The van der Waals surface area contributed by atoms with Gasteiger partial charge in [-0.2, -0.15) is 16.8 Å². The Morgan fingerprint density at radius 1 is 0.786 bits per heavy atom. The fourth-order valence-electron chi connectivity index (χ4n) is 2.53. The Hall–Kier alpha value is -0.420. The van der Waals surface area contributed by atoms with Crippen LogP contribution in [0.3, 0.4) is 0 Å². The highest BCUT2D eigenvalue weighted by Crippen LogP contribution is 2.23. The smallest absolute Gasteiger partial charge is 0.264 e. The van der Waals surface area contributed by atoms with Gasteiger partial charge in [0.1, 0.15) is 24.4 Å². The minimum atomic E-state index is -4.06. The number of aliphatic hydroxyl groups is 3. The lowest BCUT2D eigenvalue weighted by molar-refractivity contribution is -0.298. The van der Waals surface area contributed by atoms with E-state index in [2.05, 4.69) is 0 Å². The number of unbranched alkanes of at least 4 members (excludes halogenated alkanes) is 2. The molecule has 5 N–H and O–H groups in total. The van der Waals surface area contributed by atoms with Crippen LogP contribution < -0.4 is 0 Å². The van der Waals surface area contributed by atoms with Gasteiger partial charge in [0.15, 0.2) is 6.29 Å². The zero-order valence-electron chi connectivity index (χ0n) is 15.2. The molecule has 1 fully saturated rings. The van der Waals surface area contributed by atoms with E-state index in [1.165, 1.54) is 0 Å². The molecule has 5 atom stereocenters. The van der Waals surface area contributed by atoms with E-state index in [4.69, 9.17) is 23.3 Å². The summed E-state index contributed by atoms with van der Waals surface area (Å²) in [5.41, 5.74) is 0. The average Bonchev–Trinajstić information content (AvgIpc) is 2.55. The molecule has 1 aliphatic rings. The molecule has 0 spiro atoms. The van der Waals surface area contributed by atoms with Crippen molar-refractivity contribution in [3.05, 3.63) is 0 Å². The highest BCUT2D eigenvalue weighted by molar-refractivity contribution is 7.86. The number of hydrogen-bond acceptors (Lipinski definition) is 10. The molecule has 1 rings (SSSR count). The van der Waals surface area contributed by atoms with Gasteiger partial charge in [0.2, 0.25) is 0 Å². The first kappa shape index (κ1) is 25.6. The second-order valence-electron chi connectivity index (χ2n) is 6.44. The van der Waals surface area contributed by atoms with Gasteiger partial charge in [-0.25, -0.2) is 0 Å². The third-order valence-corrected chi connectivity index (χ3v) is 5.60. The van der Waals surface area contributed by atoms with Crippen LogP contribution in [0.5, 0.6) is 0 Å². The van der Waals surface area contributed by atoms with Gasteiger partial charge < -0.3 is 29.5 Å². The van der Waals surface area contributed by atoms with Gasteiger partial charge in [0.05, 0.1) is 18.1 Å². The number of aliphatic hydroxyl groups excluding tert-OH is 3. The Morgan fingerprint density at radius 3 is 1.86 bits per heavy atom. The summed E-state index contributed by atoms with van der Waals surface area (Å²) in [4.78, 5) is 0. The second kappa shape index (κ2) is 11.7. The van der Waals surface area contributed by atoms with Crippen molar-refractivity contribution in [1.29, 1.82) is 0 Å². The van der Waals surface area contributed by atoms with E-state index in [0.29, 0.717) is 6.42 Å². The minimum absolute atomic E-state index is 0.0285. The molecule has 0 saturated carbocycles. The molecule has 0 unspecified atom stereocenters. The molecule has 28 heavy (non-hydrogen) atoms. The summed E-state index contributed by atoms with van der Waals surface area (Å²) >= 11 is 0. The SMILES string of the molecule is O=S(=O)(O)CCCCOC[C@H]1O[C@H](O)[C@H](OCCCCS(=O)(=O)O)[C@@H](O)[C@@H]1O. The molecule has 0 aromatic heterocycles. The molecule has 0 aromatic carbocycles. The summed E-state index contributed by atoms with van der Waals surface area (Å²) in [7, 11) is -8.09. The lowest BCUT2D eigenvalue weighted by Gasteiger charge is -2.40. The summed E-state index contributed by atoms with van der Waals surface area (Å²) in [5, 5.41) is 30.1. The van der Waals surface area contributed by atoms with Crippen LogP contribution >= 0.6 is 0 Å². The van der Waals surface area contributed by atoms with E-state index in [-0.39, 0.29) is 44.8 Å². The van der Waals surface area contributed by atoms with E-state index in [1.54, 1.807) is 0 Å². The Labute approximate surface area is 163 Å². The molecule has 0 amide bonds. The van der Waals surface area contributed by atoms with Crippen molar-refractivity contribution in [3.8, 4) is 0 Å². The van der Waals surface area contributed by atoms with E-state index in [9.17, 15) is 32.2 Å². The summed E-state index contributed by atoms with van der Waals surface area (Å²) in [6.45, 7) is -0.0659. The molecule has 1 saturated heterocycles.